The molecule has 0 aromatic heterocycles. The van der Waals surface area contributed by atoms with E-state index in [4.69, 9.17) is 10.4 Å². The number of rotatable bonds is 7. The third kappa shape index (κ3) is 4.24. The van der Waals surface area contributed by atoms with Crippen molar-refractivity contribution in [3.05, 3.63) is 33.9 Å². The van der Waals surface area contributed by atoms with E-state index in [9.17, 15) is 14.9 Å². The van der Waals surface area contributed by atoms with Crippen molar-refractivity contribution < 1.29 is 14.8 Å². The predicted molar refractivity (Wildman–Crippen MR) is 72.4 cm³/mol. The van der Waals surface area contributed by atoms with E-state index in [-0.39, 0.29) is 29.4 Å². The minimum absolute atomic E-state index is 0.00210. The Kier molecular flexibility index (Phi) is 5.47. The molecule has 0 spiro atoms. The van der Waals surface area contributed by atoms with Crippen LogP contribution in [-0.2, 0) is 4.79 Å². The molecule has 2 N–H and O–H groups in total. The highest BCUT2D eigenvalue weighted by Gasteiger charge is 2.20. The Morgan fingerprint density at radius 1 is 1.60 bits per heavy atom. The second-order valence-electron chi connectivity index (χ2n) is 4.40. The van der Waals surface area contributed by atoms with Gasteiger partial charge >= 0.3 is 11.7 Å². The predicted octanol–water partition coefficient (Wildman–Crippen LogP) is 2.52. The molecule has 0 aliphatic heterocycles. The number of nitro benzene ring substituents is 1. The Balaban J connectivity index is 2.79. The van der Waals surface area contributed by atoms with Gasteiger partial charge in [0.1, 0.15) is 17.3 Å². The van der Waals surface area contributed by atoms with Crippen molar-refractivity contribution in [2.75, 3.05) is 5.32 Å². The summed E-state index contributed by atoms with van der Waals surface area (Å²) < 4.78 is 0. The van der Waals surface area contributed by atoms with Gasteiger partial charge in [-0.2, -0.15) is 5.26 Å². The quantitative estimate of drug-likeness (QED) is 0.584. The van der Waals surface area contributed by atoms with Gasteiger partial charge in [-0.15, -0.1) is 0 Å². The minimum atomic E-state index is -0.866. The van der Waals surface area contributed by atoms with Crippen LogP contribution in [0.1, 0.15) is 31.7 Å². The summed E-state index contributed by atoms with van der Waals surface area (Å²) in [7, 11) is 0. The SMILES string of the molecule is CC(CCCC(=O)O)Nc1cccc(C#N)c1[N+](=O)[O-]. The molecule has 0 aliphatic rings. The number of carboxylic acids is 1. The van der Waals surface area contributed by atoms with Crippen LogP contribution < -0.4 is 5.32 Å². The first-order valence-corrected chi connectivity index (χ1v) is 6.11. The van der Waals surface area contributed by atoms with Crippen LogP contribution in [0.15, 0.2) is 18.2 Å². The number of carboxylic acid groups (broad SMARTS) is 1. The molecular formula is C13H15N3O4. The summed E-state index contributed by atoms with van der Waals surface area (Å²) in [6.07, 6.45) is 1.11. The molecule has 106 valence electrons. The molecule has 0 amide bonds. The number of hydrogen-bond acceptors (Lipinski definition) is 5. The molecule has 1 rings (SSSR count). The highest BCUT2D eigenvalue weighted by molar-refractivity contribution is 5.69. The van der Waals surface area contributed by atoms with Gasteiger partial charge < -0.3 is 10.4 Å². The normalized spacial score (nSPS) is 11.4. The second kappa shape index (κ2) is 7.09. The molecule has 7 heteroatoms. The third-order valence-electron chi connectivity index (χ3n) is 2.77. The lowest BCUT2D eigenvalue weighted by Crippen LogP contribution is -2.16. The number of anilines is 1. The molecule has 0 aliphatic carbocycles. The van der Waals surface area contributed by atoms with Gasteiger partial charge in [-0.1, -0.05) is 6.07 Å². The number of nitro groups is 1. The standard InChI is InChI=1S/C13H15N3O4/c1-9(4-2-7-12(17)18)15-11-6-3-5-10(8-14)13(11)16(19)20/h3,5-6,9,15H,2,4,7H2,1H3,(H,17,18). The van der Waals surface area contributed by atoms with Crippen molar-refractivity contribution >= 4 is 17.3 Å². The number of aliphatic carboxylic acids is 1. The van der Waals surface area contributed by atoms with Gasteiger partial charge in [0.15, 0.2) is 0 Å². The molecule has 20 heavy (non-hydrogen) atoms. The first-order valence-electron chi connectivity index (χ1n) is 6.11. The van der Waals surface area contributed by atoms with Crippen LogP contribution in [0.3, 0.4) is 0 Å². The number of hydrogen-bond donors (Lipinski definition) is 2. The maximum absolute atomic E-state index is 11.0. The van der Waals surface area contributed by atoms with Gasteiger partial charge in [-0.25, -0.2) is 0 Å². The Morgan fingerprint density at radius 2 is 2.30 bits per heavy atom. The Labute approximate surface area is 116 Å². The highest BCUT2D eigenvalue weighted by Crippen LogP contribution is 2.29. The van der Waals surface area contributed by atoms with Gasteiger partial charge in [-0.05, 0) is 31.9 Å². The molecule has 0 fully saturated rings. The Morgan fingerprint density at radius 3 is 2.85 bits per heavy atom. The van der Waals surface area contributed by atoms with E-state index in [0.717, 1.165) is 0 Å². The molecule has 1 aromatic rings. The highest BCUT2D eigenvalue weighted by atomic mass is 16.6. The van der Waals surface area contributed by atoms with E-state index in [1.165, 1.54) is 12.1 Å². The van der Waals surface area contributed by atoms with E-state index in [2.05, 4.69) is 5.32 Å². The third-order valence-corrected chi connectivity index (χ3v) is 2.77. The molecule has 0 heterocycles. The molecule has 0 bridgehead atoms. The van der Waals surface area contributed by atoms with E-state index in [1.54, 1.807) is 12.1 Å². The van der Waals surface area contributed by atoms with Gasteiger partial charge in [0.25, 0.3) is 0 Å². The van der Waals surface area contributed by atoms with Crippen molar-refractivity contribution in [1.82, 2.24) is 0 Å². The van der Waals surface area contributed by atoms with Crippen LogP contribution in [0.25, 0.3) is 0 Å². The first kappa shape index (κ1) is 15.4. The molecule has 0 radical (unpaired) electrons. The molecular weight excluding hydrogens is 262 g/mol. The maximum atomic E-state index is 11.0. The number of para-hydroxylation sites is 1. The van der Waals surface area contributed by atoms with E-state index in [1.807, 2.05) is 6.92 Å². The van der Waals surface area contributed by atoms with Crippen molar-refractivity contribution in [2.45, 2.75) is 32.2 Å². The molecule has 7 nitrogen and oxygen atoms in total. The second-order valence-corrected chi connectivity index (χ2v) is 4.40. The van der Waals surface area contributed by atoms with E-state index >= 15 is 0 Å². The number of carbonyl (C=O) groups is 1. The van der Waals surface area contributed by atoms with Crippen LogP contribution in [0.5, 0.6) is 0 Å². The Bertz CT molecular complexity index is 551. The van der Waals surface area contributed by atoms with Crippen molar-refractivity contribution in [2.24, 2.45) is 0 Å². The molecule has 0 saturated carbocycles. The number of benzene rings is 1. The van der Waals surface area contributed by atoms with Crippen molar-refractivity contribution in [3.63, 3.8) is 0 Å². The van der Waals surface area contributed by atoms with Gasteiger partial charge in [0.2, 0.25) is 0 Å². The fraction of sp³-hybridized carbons (Fsp3) is 0.385. The van der Waals surface area contributed by atoms with Crippen molar-refractivity contribution in [1.29, 1.82) is 5.26 Å². The van der Waals surface area contributed by atoms with Crippen LogP contribution >= 0.6 is 0 Å². The van der Waals surface area contributed by atoms with E-state index in [0.29, 0.717) is 12.8 Å². The van der Waals surface area contributed by atoms with Crippen LogP contribution in [0, 0.1) is 21.4 Å². The van der Waals surface area contributed by atoms with Crippen LogP contribution in [-0.4, -0.2) is 22.0 Å². The number of nitrogens with zero attached hydrogens (tertiary/aromatic N) is 2. The summed E-state index contributed by atoms with van der Waals surface area (Å²) >= 11 is 0. The van der Waals surface area contributed by atoms with Crippen molar-refractivity contribution in [3.8, 4) is 6.07 Å². The Hall–Kier alpha value is -2.62. The van der Waals surface area contributed by atoms with Crippen LogP contribution in [0.4, 0.5) is 11.4 Å². The van der Waals surface area contributed by atoms with Gasteiger partial charge in [-0.3, -0.25) is 14.9 Å². The zero-order valence-corrected chi connectivity index (χ0v) is 11.0. The zero-order chi connectivity index (χ0) is 15.1. The average molecular weight is 277 g/mol. The summed E-state index contributed by atoms with van der Waals surface area (Å²) in [4.78, 5) is 20.9. The van der Waals surface area contributed by atoms with E-state index < -0.39 is 10.9 Å². The summed E-state index contributed by atoms with van der Waals surface area (Å²) in [5.41, 5.74) is 0.0229. The lowest BCUT2D eigenvalue weighted by Gasteiger charge is -2.15. The fourth-order valence-electron chi connectivity index (χ4n) is 1.84. The molecule has 0 saturated heterocycles. The van der Waals surface area contributed by atoms with Crippen LogP contribution in [0.2, 0.25) is 0 Å². The number of nitriles is 1. The summed E-state index contributed by atoms with van der Waals surface area (Å²) in [5.74, 6) is -0.866. The lowest BCUT2D eigenvalue weighted by molar-refractivity contribution is -0.384. The maximum Gasteiger partial charge on any atom is 0.309 e. The minimum Gasteiger partial charge on any atom is -0.481 e. The smallest absolute Gasteiger partial charge is 0.309 e. The average Bonchev–Trinajstić information content (AvgIpc) is 2.37. The van der Waals surface area contributed by atoms with Gasteiger partial charge in [0, 0.05) is 12.5 Å². The fourth-order valence-corrected chi connectivity index (χ4v) is 1.84. The van der Waals surface area contributed by atoms with Gasteiger partial charge in [0.05, 0.1) is 4.92 Å². The molecule has 1 atom stereocenters. The topological polar surface area (TPSA) is 116 Å². The molecule has 1 aromatic carbocycles. The zero-order valence-electron chi connectivity index (χ0n) is 11.0. The summed E-state index contributed by atoms with van der Waals surface area (Å²) in [5, 5.41) is 31.4. The first-order chi connectivity index (χ1) is 9.45. The monoisotopic (exact) mass is 277 g/mol. The number of nitrogens with one attached hydrogen (secondary N) is 1. The lowest BCUT2D eigenvalue weighted by atomic mass is 10.1. The summed E-state index contributed by atoms with van der Waals surface area (Å²) in [6, 6.07) is 6.16. The summed E-state index contributed by atoms with van der Waals surface area (Å²) in [6.45, 7) is 1.81. The largest absolute Gasteiger partial charge is 0.481 e. The molecule has 1 unspecified atom stereocenters.